The van der Waals surface area contributed by atoms with E-state index in [0.29, 0.717) is 22.6 Å². The molecule has 1 N–H and O–H groups in total. The van der Waals surface area contributed by atoms with Crippen LogP contribution in [-0.2, 0) is 6.54 Å². The fraction of sp³-hybridized carbons (Fsp3) is 0.250. The Labute approximate surface area is 122 Å². The van der Waals surface area contributed by atoms with Gasteiger partial charge in [0.2, 0.25) is 0 Å². The Morgan fingerprint density at radius 3 is 2.60 bits per heavy atom. The Morgan fingerprint density at radius 1 is 1.15 bits per heavy atom. The zero-order valence-corrected chi connectivity index (χ0v) is 11.7. The molecule has 3 rings (SSSR count). The van der Waals surface area contributed by atoms with Gasteiger partial charge >= 0.3 is 0 Å². The van der Waals surface area contributed by atoms with Crippen LogP contribution in [0, 0.1) is 5.82 Å². The lowest BCUT2D eigenvalue weighted by atomic mass is 10.2. The number of nitrogens with one attached hydrogen (secondary N) is 1. The molecule has 0 bridgehead atoms. The molecule has 0 saturated heterocycles. The Balaban J connectivity index is 1.78. The predicted molar refractivity (Wildman–Crippen MR) is 77.8 cm³/mol. The molecular weight excluding hydrogens is 277 g/mol. The van der Waals surface area contributed by atoms with E-state index in [2.05, 4.69) is 5.32 Å². The summed E-state index contributed by atoms with van der Waals surface area (Å²) in [6.07, 6.45) is 2.48. The second-order valence-electron chi connectivity index (χ2n) is 4.96. The highest BCUT2D eigenvalue weighted by Crippen LogP contribution is 2.29. The topological polar surface area (TPSA) is 21.3 Å². The minimum atomic E-state index is -0.279. The zero-order valence-electron chi connectivity index (χ0n) is 10.9. The maximum atomic E-state index is 12.9. The third-order valence-corrected chi connectivity index (χ3v) is 3.46. The average molecular weight is 292 g/mol. The van der Waals surface area contributed by atoms with E-state index in [1.165, 1.54) is 25.0 Å². The second-order valence-corrected chi connectivity index (χ2v) is 5.40. The van der Waals surface area contributed by atoms with Crippen molar-refractivity contribution in [3.8, 4) is 11.5 Å². The largest absolute Gasteiger partial charge is 0.457 e. The average Bonchev–Trinajstić information content (AvgIpc) is 3.25. The van der Waals surface area contributed by atoms with Crippen LogP contribution in [0.5, 0.6) is 11.5 Å². The summed E-state index contributed by atoms with van der Waals surface area (Å²) in [6, 6.07) is 12.2. The molecule has 0 aliphatic heterocycles. The summed E-state index contributed by atoms with van der Waals surface area (Å²) in [5.41, 5.74) is 1.05. The van der Waals surface area contributed by atoms with Crippen molar-refractivity contribution in [2.45, 2.75) is 25.4 Å². The molecule has 2 nitrogen and oxygen atoms in total. The van der Waals surface area contributed by atoms with Gasteiger partial charge in [0, 0.05) is 23.2 Å². The van der Waals surface area contributed by atoms with Gasteiger partial charge in [-0.3, -0.25) is 0 Å². The Morgan fingerprint density at radius 2 is 1.90 bits per heavy atom. The summed E-state index contributed by atoms with van der Waals surface area (Å²) in [5.74, 6) is 1.03. The van der Waals surface area contributed by atoms with Crippen molar-refractivity contribution in [1.29, 1.82) is 0 Å². The lowest BCUT2D eigenvalue weighted by Gasteiger charge is -2.12. The van der Waals surface area contributed by atoms with Crippen molar-refractivity contribution >= 4 is 11.6 Å². The highest BCUT2D eigenvalue weighted by atomic mass is 35.5. The third kappa shape index (κ3) is 3.50. The van der Waals surface area contributed by atoms with E-state index in [0.717, 1.165) is 12.1 Å². The number of ether oxygens (including phenoxy) is 1. The van der Waals surface area contributed by atoms with E-state index in [1.54, 1.807) is 18.2 Å². The van der Waals surface area contributed by atoms with Crippen molar-refractivity contribution in [3.63, 3.8) is 0 Å². The summed E-state index contributed by atoms with van der Waals surface area (Å²) >= 11 is 6.02. The van der Waals surface area contributed by atoms with Crippen LogP contribution in [0.25, 0.3) is 0 Å². The fourth-order valence-corrected chi connectivity index (χ4v) is 2.10. The predicted octanol–water partition coefficient (Wildman–Crippen LogP) is 4.52. The summed E-state index contributed by atoms with van der Waals surface area (Å²) in [6.45, 7) is 0.748. The van der Waals surface area contributed by atoms with E-state index in [9.17, 15) is 4.39 Å². The summed E-state index contributed by atoms with van der Waals surface area (Å²) in [7, 11) is 0. The standard InChI is InChI=1S/C16H15ClFNO/c17-12-2-1-11(10-19-14-5-6-14)16(9-12)20-15-7-3-13(18)4-8-15/h1-4,7-9,14,19H,5-6,10H2. The molecule has 1 saturated carbocycles. The number of hydrogen-bond acceptors (Lipinski definition) is 2. The van der Waals surface area contributed by atoms with Crippen LogP contribution < -0.4 is 10.1 Å². The maximum Gasteiger partial charge on any atom is 0.133 e. The summed E-state index contributed by atoms with van der Waals surface area (Å²) < 4.78 is 18.7. The molecule has 0 atom stereocenters. The Hall–Kier alpha value is -1.58. The van der Waals surface area contributed by atoms with Crippen LogP contribution in [0.4, 0.5) is 4.39 Å². The van der Waals surface area contributed by atoms with Gasteiger partial charge in [0.15, 0.2) is 0 Å². The lowest BCUT2D eigenvalue weighted by Crippen LogP contribution is -2.15. The number of rotatable bonds is 5. The SMILES string of the molecule is Fc1ccc(Oc2cc(Cl)ccc2CNC2CC2)cc1. The molecule has 0 amide bonds. The normalized spacial score (nSPS) is 14.3. The first kappa shape index (κ1) is 13.4. The summed E-state index contributed by atoms with van der Waals surface area (Å²) in [5, 5.41) is 4.07. The van der Waals surface area contributed by atoms with Crippen molar-refractivity contribution in [2.24, 2.45) is 0 Å². The van der Waals surface area contributed by atoms with Gasteiger partial charge in [-0.05, 0) is 49.2 Å². The number of benzene rings is 2. The van der Waals surface area contributed by atoms with E-state index in [-0.39, 0.29) is 5.82 Å². The summed E-state index contributed by atoms with van der Waals surface area (Å²) in [4.78, 5) is 0. The number of halogens is 2. The Kier molecular flexibility index (Phi) is 3.90. The monoisotopic (exact) mass is 291 g/mol. The van der Waals surface area contributed by atoms with Crippen LogP contribution >= 0.6 is 11.6 Å². The molecular formula is C16H15ClFNO. The molecule has 1 aliphatic carbocycles. The van der Waals surface area contributed by atoms with Gasteiger partial charge in [0.05, 0.1) is 0 Å². The van der Waals surface area contributed by atoms with Crippen LogP contribution in [-0.4, -0.2) is 6.04 Å². The highest BCUT2D eigenvalue weighted by molar-refractivity contribution is 6.30. The number of hydrogen-bond donors (Lipinski definition) is 1. The molecule has 0 heterocycles. The van der Waals surface area contributed by atoms with Crippen molar-refractivity contribution in [3.05, 3.63) is 58.9 Å². The van der Waals surface area contributed by atoms with Crippen LogP contribution in [0.3, 0.4) is 0 Å². The van der Waals surface area contributed by atoms with E-state index >= 15 is 0 Å². The van der Waals surface area contributed by atoms with Crippen molar-refractivity contribution in [1.82, 2.24) is 5.32 Å². The van der Waals surface area contributed by atoms with Gasteiger partial charge in [-0.15, -0.1) is 0 Å². The molecule has 0 radical (unpaired) electrons. The van der Waals surface area contributed by atoms with E-state index < -0.39 is 0 Å². The molecule has 0 spiro atoms. The lowest BCUT2D eigenvalue weighted by molar-refractivity contribution is 0.471. The minimum Gasteiger partial charge on any atom is -0.457 e. The van der Waals surface area contributed by atoms with Gasteiger partial charge in [-0.2, -0.15) is 0 Å². The van der Waals surface area contributed by atoms with Gasteiger partial charge in [-0.1, -0.05) is 17.7 Å². The van der Waals surface area contributed by atoms with Crippen LogP contribution in [0.15, 0.2) is 42.5 Å². The first-order valence-corrected chi connectivity index (χ1v) is 7.04. The first-order chi connectivity index (χ1) is 9.70. The fourth-order valence-electron chi connectivity index (χ4n) is 1.94. The van der Waals surface area contributed by atoms with E-state index in [1.807, 2.05) is 12.1 Å². The van der Waals surface area contributed by atoms with Gasteiger partial charge in [0.1, 0.15) is 17.3 Å². The molecule has 0 unspecified atom stereocenters. The Bertz CT molecular complexity index is 596. The van der Waals surface area contributed by atoms with Gasteiger partial charge < -0.3 is 10.1 Å². The van der Waals surface area contributed by atoms with Crippen LogP contribution in [0.1, 0.15) is 18.4 Å². The quantitative estimate of drug-likeness (QED) is 0.874. The van der Waals surface area contributed by atoms with Crippen molar-refractivity contribution in [2.75, 3.05) is 0 Å². The zero-order chi connectivity index (χ0) is 13.9. The van der Waals surface area contributed by atoms with Gasteiger partial charge in [-0.25, -0.2) is 4.39 Å². The molecule has 20 heavy (non-hydrogen) atoms. The minimum absolute atomic E-state index is 0.279. The van der Waals surface area contributed by atoms with E-state index in [4.69, 9.17) is 16.3 Å². The molecule has 1 aliphatic rings. The van der Waals surface area contributed by atoms with Gasteiger partial charge in [0.25, 0.3) is 0 Å². The van der Waals surface area contributed by atoms with Crippen molar-refractivity contribution < 1.29 is 9.13 Å². The second kappa shape index (κ2) is 5.81. The smallest absolute Gasteiger partial charge is 0.133 e. The maximum absolute atomic E-state index is 12.9. The first-order valence-electron chi connectivity index (χ1n) is 6.66. The molecule has 1 fully saturated rings. The molecule has 2 aromatic rings. The molecule has 2 aromatic carbocycles. The third-order valence-electron chi connectivity index (χ3n) is 3.23. The molecule has 0 aromatic heterocycles. The van der Waals surface area contributed by atoms with Crippen LogP contribution in [0.2, 0.25) is 5.02 Å². The highest BCUT2D eigenvalue weighted by Gasteiger charge is 2.20. The molecule has 4 heteroatoms. The molecule has 104 valence electrons.